The summed E-state index contributed by atoms with van der Waals surface area (Å²) in [6.07, 6.45) is 3.12. The normalized spacial score (nSPS) is 10.3. The lowest BCUT2D eigenvalue weighted by molar-refractivity contribution is 0.0950. The quantitative estimate of drug-likeness (QED) is 0.807. The van der Waals surface area contributed by atoms with Crippen LogP contribution in [0.3, 0.4) is 0 Å². The van der Waals surface area contributed by atoms with Gasteiger partial charge in [0, 0.05) is 5.56 Å². The lowest BCUT2D eigenvalue weighted by Gasteiger charge is -2.03. The van der Waals surface area contributed by atoms with Crippen molar-refractivity contribution in [2.75, 3.05) is 6.26 Å². The van der Waals surface area contributed by atoms with Crippen molar-refractivity contribution in [3.8, 4) is 5.88 Å². The average Bonchev–Trinajstić information content (AvgIpc) is 2.70. The van der Waals surface area contributed by atoms with Crippen molar-refractivity contribution < 1.29 is 9.90 Å². The molecule has 0 radical (unpaired) electrons. The summed E-state index contributed by atoms with van der Waals surface area (Å²) >= 11 is 1.31. The predicted molar refractivity (Wildman–Crippen MR) is 61.8 cm³/mol. The molecule has 0 spiro atoms. The van der Waals surface area contributed by atoms with Gasteiger partial charge in [0.15, 0.2) is 5.16 Å². The Bertz CT molecular complexity index is 508. The third-order valence-electron chi connectivity index (χ3n) is 2.08. The number of benzene rings is 1. The lowest BCUT2D eigenvalue weighted by Crippen LogP contribution is -2.11. The van der Waals surface area contributed by atoms with E-state index in [0.717, 1.165) is 0 Å². The second-order valence-corrected chi connectivity index (χ2v) is 3.90. The van der Waals surface area contributed by atoms with Crippen LogP contribution in [0, 0.1) is 0 Å². The van der Waals surface area contributed by atoms with E-state index in [9.17, 15) is 9.90 Å². The molecule has 0 saturated carbocycles. The summed E-state index contributed by atoms with van der Waals surface area (Å²) in [6, 6.07) is 8.89. The second-order valence-electron chi connectivity index (χ2n) is 3.13. The van der Waals surface area contributed by atoms with E-state index in [1.807, 2.05) is 6.07 Å². The predicted octanol–water partition coefficient (Wildman–Crippen LogP) is 2.00. The SMILES string of the molecule is CSc1nc(O)cn1C(=O)c1ccccc1. The summed E-state index contributed by atoms with van der Waals surface area (Å²) in [7, 11) is 0. The maximum absolute atomic E-state index is 12.0. The van der Waals surface area contributed by atoms with Gasteiger partial charge in [-0.15, -0.1) is 0 Å². The first kappa shape index (κ1) is 10.8. The van der Waals surface area contributed by atoms with Crippen molar-refractivity contribution in [3.63, 3.8) is 0 Å². The molecule has 16 heavy (non-hydrogen) atoms. The molecule has 0 saturated heterocycles. The first-order valence-electron chi connectivity index (χ1n) is 4.64. The number of carbonyl (C=O) groups excluding carboxylic acids is 1. The number of rotatable bonds is 2. The molecule has 4 nitrogen and oxygen atoms in total. The van der Waals surface area contributed by atoms with Crippen LogP contribution in [-0.2, 0) is 0 Å². The number of nitrogens with zero attached hydrogens (tertiary/aromatic N) is 2. The van der Waals surface area contributed by atoms with Crippen LogP contribution in [0.25, 0.3) is 0 Å². The molecule has 2 aromatic rings. The van der Waals surface area contributed by atoms with Crippen molar-refractivity contribution in [1.82, 2.24) is 9.55 Å². The average molecular weight is 234 g/mol. The Morgan fingerprint density at radius 1 is 1.38 bits per heavy atom. The highest BCUT2D eigenvalue weighted by atomic mass is 32.2. The fourth-order valence-corrected chi connectivity index (χ4v) is 1.88. The van der Waals surface area contributed by atoms with E-state index in [2.05, 4.69) is 4.98 Å². The largest absolute Gasteiger partial charge is 0.492 e. The van der Waals surface area contributed by atoms with Crippen molar-refractivity contribution >= 4 is 17.7 Å². The topological polar surface area (TPSA) is 55.1 Å². The summed E-state index contributed by atoms with van der Waals surface area (Å²) in [4.78, 5) is 15.9. The summed E-state index contributed by atoms with van der Waals surface area (Å²) in [5.74, 6) is -0.341. The van der Waals surface area contributed by atoms with Crippen LogP contribution in [0.2, 0.25) is 0 Å². The second kappa shape index (κ2) is 4.40. The minimum atomic E-state index is -0.197. The molecular weight excluding hydrogens is 224 g/mol. The highest BCUT2D eigenvalue weighted by Crippen LogP contribution is 2.19. The molecule has 1 aromatic heterocycles. The summed E-state index contributed by atoms with van der Waals surface area (Å²) in [5.41, 5.74) is 0.565. The zero-order valence-electron chi connectivity index (χ0n) is 8.62. The number of hydrogen-bond donors (Lipinski definition) is 1. The van der Waals surface area contributed by atoms with Crippen molar-refractivity contribution in [2.24, 2.45) is 0 Å². The molecule has 1 N–H and O–H groups in total. The number of hydrogen-bond acceptors (Lipinski definition) is 4. The maximum atomic E-state index is 12.0. The molecule has 5 heteroatoms. The highest BCUT2D eigenvalue weighted by Gasteiger charge is 2.14. The van der Waals surface area contributed by atoms with Crippen molar-refractivity contribution in [2.45, 2.75) is 5.16 Å². The Morgan fingerprint density at radius 3 is 2.69 bits per heavy atom. The minimum Gasteiger partial charge on any atom is -0.492 e. The highest BCUT2D eigenvalue weighted by molar-refractivity contribution is 7.98. The lowest BCUT2D eigenvalue weighted by atomic mass is 10.2. The molecule has 0 bridgehead atoms. The number of aromatic nitrogens is 2. The molecule has 0 aliphatic rings. The molecule has 0 aliphatic heterocycles. The third kappa shape index (κ3) is 1.94. The van der Waals surface area contributed by atoms with Gasteiger partial charge < -0.3 is 5.11 Å². The first-order chi connectivity index (χ1) is 7.72. The Hall–Kier alpha value is -1.75. The van der Waals surface area contributed by atoms with Gasteiger partial charge in [-0.1, -0.05) is 30.0 Å². The molecule has 1 aromatic carbocycles. The summed E-state index contributed by atoms with van der Waals surface area (Å²) in [5, 5.41) is 9.74. The van der Waals surface area contributed by atoms with Gasteiger partial charge in [-0.3, -0.25) is 9.36 Å². The Morgan fingerprint density at radius 2 is 2.06 bits per heavy atom. The van der Waals surface area contributed by atoms with Gasteiger partial charge in [0.2, 0.25) is 5.88 Å². The van der Waals surface area contributed by atoms with E-state index in [-0.39, 0.29) is 11.8 Å². The van der Waals surface area contributed by atoms with E-state index in [4.69, 9.17) is 0 Å². The monoisotopic (exact) mass is 234 g/mol. The molecule has 0 aliphatic carbocycles. The third-order valence-corrected chi connectivity index (χ3v) is 2.74. The molecule has 0 unspecified atom stereocenters. The van der Waals surface area contributed by atoms with Gasteiger partial charge in [0.25, 0.3) is 5.91 Å². The van der Waals surface area contributed by atoms with Gasteiger partial charge in [0.05, 0.1) is 6.20 Å². The fraction of sp³-hybridized carbons (Fsp3) is 0.0909. The summed E-state index contributed by atoms with van der Waals surface area (Å²) < 4.78 is 1.34. The molecular formula is C11H10N2O2S. The van der Waals surface area contributed by atoms with Crippen LogP contribution in [0.4, 0.5) is 0 Å². The van der Waals surface area contributed by atoms with E-state index in [1.165, 1.54) is 22.5 Å². The molecule has 0 fully saturated rings. The first-order valence-corrected chi connectivity index (χ1v) is 5.87. The standard InChI is InChI=1S/C11H10N2O2S/c1-16-11-12-9(14)7-13(11)10(15)8-5-3-2-4-6-8/h2-7,14H,1H3. The molecule has 2 rings (SSSR count). The zero-order chi connectivity index (χ0) is 11.5. The fourth-order valence-electron chi connectivity index (χ4n) is 1.36. The van der Waals surface area contributed by atoms with Crippen LogP contribution in [0.5, 0.6) is 5.88 Å². The van der Waals surface area contributed by atoms with Crippen LogP contribution < -0.4 is 0 Å². The van der Waals surface area contributed by atoms with Crippen molar-refractivity contribution in [3.05, 3.63) is 42.1 Å². The zero-order valence-corrected chi connectivity index (χ0v) is 9.44. The number of carbonyl (C=O) groups is 1. The van der Waals surface area contributed by atoms with Gasteiger partial charge in [-0.25, -0.2) is 0 Å². The van der Waals surface area contributed by atoms with Crippen LogP contribution in [0.1, 0.15) is 10.4 Å². The Labute approximate surface area is 96.9 Å². The van der Waals surface area contributed by atoms with Gasteiger partial charge in [-0.2, -0.15) is 4.98 Å². The van der Waals surface area contributed by atoms with Crippen LogP contribution in [0.15, 0.2) is 41.7 Å². The van der Waals surface area contributed by atoms with E-state index in [1.54, 1.807) is 30.5 Å². The van der Waals surface area contributed by atoms with Crippen LogP contribution in [-0.4, -0.2) is 26.8 Å². The van der Waals surface area contributed by atoms with Gasteiger partial charge in [0.1, 0.15) is 0 Å². The van der Waals surface area contributed by atoms with Gasteiger partial charge in [-0.05, 0) is 18.4 Å². The molecule has 0 amide bonds. The molecule has 0 atom stereocenters. The maximum Gasteiger partial charge on any atom is 0.264 e. The van der Waals surface area contributed by atoms with Gasteiger partial charge >= 0.3 is 0 Å². The van der Waals surface area contributed by atoms with E-state index >= 15 is 0 Å². The Kier molecular flexibility index (Phi) is 2.96. The minimum absolute atomic E-state index is 0.145. The van der Waals surface area contributed by atoms with E-state index in [0.29, 0.717) is 10.7 Å². The summed E-state index contributed by atoms with van der Waals surface area (Å²) in [6.45, 7) is 0. The van der Waals surface area contributed by atoms with E-state index < -0.39 is 0 Å². The number of imidazole rings is 1. The number of thioether (sulfide) groups is 1. The Balaban J connectivity index is 2.41. The molecule has 1 heterocycles. The molecule has 82 valence electrons. The van der Waals surface area contributed by atoms with Crippen molar-refractivity contribution in [1.29, 1.82) is 0 Å². The van der Waals surface area contributed by atoms with Crippen LogP contribution >= 0.6 is 11.8 Å². The number of aromatic hydroxyl groups is 1. The smallest absolute Gasteiger partial charge is 0.264 e.